The summed E-state index contributed by atoms with van der Waals surface area (Å²) in [6.45, 7) is 1.87. The lowest BCUT2D eigenvalue weighted by molar-refractivity contribution is -0.136. The fraction of sp³-hybridized carbons (Fsp3) is 0.588. The second-order valence-electron chi connectivity index (χ2n) is 6.23. The minimum absolute atomic E-state index is 0.112. The van der Waals surface area contributed by atoms with Crippen LogP contribution in [-0.4, -0.2) is 53.5 Å². The van der Waals surface area contributed by atoms with E-state index in [1.165, 1.54) is 5.56 Å². The molecular formula is C17H24N2OS. The molecule has 3 rings (SSSR count). The first-order chi connectivity index (χ1) is 10.2. The molecule has 1 amide bonds. The molecule has 1 aromatic carbocycles. The smallest absolute Gasteiger partial charge is 0.240 e. The number of nitrogens with zero attached hydrogens (tertiary/aromatic N) is 2. The average molecular weight is 304 g/mol. The van der Waals surface area contributed by atoms with Crippen LogP contribution in [0.25, 0.3) is 0 Å². The molecule has 1 aromatic rings. The van der Waals surface area contributed by atoms with Crippen LogP contribution in [0.2, 0.25) is 0 Å². The van der Waals surface area contributed by atoms with Crippen LogP contribution in [0.5, 0.6) is 0 Å². The Bertz CT molecular complexity index is 471. The van der Waals surface area contributed by atoms with Crippen LogP contribution in [0.15, 0.2) is 30.3 Å². The quantitative estimate of drug-likeness (QED) is 0.857. The molecule has 0 aliphatic carbocycles. The van der Waals surface area contributed by atoms with Crippen molar-refractivity contribution in [2.45, 2.75) is 25.3 Å². The van der Waals surface area contributed by atoms with Crippen LogP contribution in [0.3, 0.4) is 0 Å². The third kappa shape index (κ3) is 3.61. The van der Waals surface area contributed by atoms with Gasteiger partial charge in [-0.2, -0.15) is 0 Å². The number of likely N-dealkylation sites (tertiary alicyclic amines) is 1. The number of benzene rings is 1. The van der Waals surface area contributed by atoms with E-state index in [1.807, 2.05) is 11.8 Å². The van der Waals surface area contributed by atoms with Crippen LogP contribution in [-0.2, 0) is 11.2 Å². The molecule has 3 nitrogen and oxygen atoms in total. The second-order valence-corrected chi connectivity index (χ2v) is 7.23. The lowest BCUT2D eigenvalue weighted by atomic mass is 9.90. The Kier molecular flexibility index (Phi) is 4.86. The van der Waals surface area contributed by atoms with Crippen molar-refractivity contribution in [3.63, 3.8) is 0 Å². The predicted octanol–water partition coefficient (Wildman–Crippen LogP) is 2.47. The van der Waals surface area contributed by atoms with E-state index in [-0.39, 0.29) is 6.04 Å². The highest BCUT2D eigenvalue weighted by Gasteiger charge is 2.33. The Morgan fingerprint density at radius 2 is 1.95 bits per heavy atom. The van der Waals surface area contributed by atoms with Gasteiger partial charge in [0.1, 0.15) is 0 Å². The summed E-state index contributed by atoms with van der Waals surface area (Å²) < 4.78 is 0. The van der Waals surface area contributed by atoms with Gasteiger partial charge in [0.15, 0.2) is 0 Å². The van der Waals surface area contributed by atoms with Crippen molar-refractivity contribution >= 4 is 17.7 Å². The first kappa shape index (κ1) is 14.9. The molecular weight excluding hydrogens is 280 g/mol. The maximum atomic E-state index is 12.5. The van der Waals surface area contributed by atoms with E-state index in [2.05, 4.69) is 47.2 Å². The maximum Gasteiger partial charge on any atom is 0.240 e. The number of piperidine rings is 1. The average Bonchev–Trinajstić information content (AvgIpc) is 2.94. The Balaban J connectivity index is 1.50. The van der Waals surface area contributed by atoms with Gasteiger partial charge in [-0.1, -0.05) is 30.3 Å². The van der Waals surface area contributed by atoms with E-state index in [4.69, 9.17) is 0 Å². The van der Waals surface area contributed by atoms with Crippen molar-refractivity contribution in [2.75, 3.05) is 31.8 Å². The predicted molar refractivity (Wildman–Crippen MR) is 88.3 cm³/mol. The zero-order valence-electron chi connectivity index (χ0n) is 12.7. The monoisotopic (exact) mass is 304 g/mol. The lowest BCUT2D eigenvalue weighted by Crippen LogP contribution is -2.48. The van der Waals surface area contributed by atoms with Crippen molar-refractivity contribution in [3.05, 3.63) is 35.9 Å². The summed E-state index contributed by atoms with van der Waals surface area (Å²) in [7, 11) is 2.06. The van der Waals surface area contributed by atoms with E-state index < -0.39 is 0 Å². The molecule has 114 valence electrons. The van der Waals surface area contributed by atoms with Gasteiger partial charge in [-0.25, -0.2) is 0 Å². The van der Waals surface area contributed by atoms with Gasteiger partial charge in [0.25, 0.3) is 0 Å². The highest BCUT2D eigenvalue weighted by molar-refractivity contribution is 7.99. The van der Waals surface area contributed by atoms with E-state index >= 15 is 0 Å². The second kappa shape index (κ2) is 6.84. The number of hydrogen-bond acceptors (Lipinski definition) is 3. The fourth-order valence-corrected chi connectivity index (χ4v) is 4.49. The molecule has 0 unspecified atom stereocenters. The van der Waals surface area contributed by atoms with Gasteiger partial charge in [-0.05, 0) is 37.8 Å². The Hall–Kier alpha value is -1.00. The minimum Gasteiger partial charge on any atom is -0.341 e. The molecule has 0 radical (unpaired) electrons. The van der Waals surface area contributed by atoms with Crippen molar-refractivity contribution in [2.24, 2.45) is 5.92 Å². The maximum absolute atomic E-state index is 12.5. The van der Waals surface area contributed by atoms with Crippen molar-refractivity contribution in [3.8, 4) is 0 Å². The largest absolute Gasteiger partial charge is 0.341 e. The molecule has 2 fully saturated rings. The van der Waals surface area contributed by atoms with Gasteiger partial charge in [-0.15, -0.1) is 11.8 Å². The molecule has 1 atom stereocenters. The number of carbonyl (C=O) groups excluding carboxylic acids is 1. The summed E-state index contributed by atoms with van der Waals surface area (Å²) >= 11 is 1.86. The fourth-order valence-electron chi connectivity index (χ4n) is 3.30. The topological polar surface area (TPSA) is 23.6 Å². The Morgan fingerprint density at radius 3 is 2.57 bits per heavy atom. The minimum atomic E-state index is 0.112. The molecule has 0 aromatic heterocycles. The van der Waals surface area contributed by atoms with Gasteiger partial charge in [-0.3, -0.25) is 9.69 Å². The molecule has 2 aliphatic rings. The van der Waals surface area contributed by atoms with Crippen LogP contribution in [0, 0.1) is 5.92 Å². The number of amides is 1. The number of rotatable bonds is 3. The molecule has 2 heterocycles. The highest BCUT2D eigenvalue weighted by atomic mass is 32.2. The zero-order valence-corrected chi connectivity index (χ0v) is 13.5. The number of hydrogen-bond donors (Lipinski definition) is 0. The number of likely N-dealkylation sites (N-methyl/N-ethyl adjacent to an activating group) is 1. The normalized spacial score (nSPS) is 24.4. The first-order valence-electron chi connectivity index (χ1n) is 7.85. The van der Waals surface area contributed by atoms with E-state index in [0.717, 1.165) is 49.9 Å². The third-order valence-electron chi connectivity index (χ3n) is 4.68. The van der Waals surface area contributed by atoms with Crippen LogP contribution in [0.4, 0.5) is 0 Å². The van der Waals surface area contributed by atoms with Crippen molar-refractivity contribution in [1.82, 2.24) is 9.80 Å². The first-order valence-corrected chi connectivity index (χ1v) is 9.00. The van der Waals surface area contributed by atoms with E-state index in [1.54, 1.807) is 0 Å². The Morgan fingerprint density at radius 1 is 1.24 bits per heavy atom. The number of thioether (sulfide) groups is 1. The van der Waals surface area contributed by atoms with Crippen molar-refractivity contribution < 1.29 is 4.79 Å². The molecule has 4 heteroatoms. The highest BCUT2D eigenvalue weighted by Crippen LogP contribution is 2.25. The van der Waals surface area contributed by atoms with E-state index in [9.17, 15) is 4.79 Å². The van der Waals surface area contributed by atoms with E-state index in [0.29, 0.717) is 5.91 Å². The molecule has 2 saturated heterocycles. The summed E-state index contributed by atoms with van der Waals surface area (Å²) in [5.41, 5.74) is 1.43. The standard InChI is InChI=1S/C17H24N2OS/c1-18-13-21-12-16(18)17(20)19-9-7-15(8-10-19)11-14-5-3-2-4-6-14/h2-6,15-16H,7-13H2,1H3/t16-/m0/s1. The van der Waals surface area contributed by atoms with Gasteiger partial charge in [0, 0.05) is 24.7 Å². The van der Waals surface area contributed by atoms with Crippen LogP contribution >= 0.6 is 11.8 Å². The summed E-state index contributed by atoms with van der Waals surface area (Å²) in [6, 6.07) is 10.8. The van der Waals surface area contributed by atoms with Gasteiger partial charge >= 0.3 is 0 Å². The third-order valence-corrected chi connectivity index (χ3v) is 5.82. The molecule has 2 aliphatic heterocycles. The summed E-state index contributed by atoms with van der Waals surface area (Å²) in [6.07, 6.45) is 3.44. The molecule has 0 spiro atoms. The summed E-state index contributed by atoms with van der Waals surface area (Å²) in [5, 5.41) is 0. The Labute approximate surface area is 131 Å². The van der Waals surface area contributed by atoms with Crippen LogP contribution < -0.4 is 0 Å². The lowest BCUT2D eigenvalue weighted by Gasteiger charge is -2.34. The van der Waals surface area contributed by atoms with Crippen molar-refractivity contribution in [1.29, 1.82) is 0 Å². The SMILES string of the molecule is CN1CSC[C@H]1C(=O)N1CCC(Cc2ccccc2)CC1. The molecule has 0 N–H and O–H groups in total. The van der Waals surface area contributed by atoms with Gasteiger partial charge < -0.3 is 4.90 Å². The van der Waals surface area contributed by atoms with Gasteiger partial charge in [0.05, 0.1) is 6.04 Å². The summed E-state index contributed by atoms with van der Waals surface area (Å²) in [4.78, 5) is 16.8. The van der Waals surface area contributed by atoms with Crippen LogP contribution in [0.1, 0.15) is 18.4 Å². The van der Waals surface area contributed by atoms with Gasteiger partial charge in [0.2, 0.25) is 5.91 Å². The summed E-state index contributed by atoms with van der Waals surface area (Å²) in [5.74, 6) is 3.02. The number of carbonyl (C=O) groups is 1. The molecule has 21 heavy (non-hydrogen) atoms. The molecule has 0 bridgehead atoms. The molecule has 0 saturated carbocycles. The zero-order chi connectivity index (χ0) is 14.7.